The van der Waals surface area contributed by atoms with Gasteiger partial charge < -0.3 is 24.8 Å². The second-order valence-corrected chi connectivity index (χ2v) is 6.20. The molecule has 0 aromatic heterocycles. The molecule has 7 heteroatoms. The molecule has 152 valence electrons. The van der Waals surface area contributed by atoms with Gasteiger partial charge in [-0.15, -0.1) is 24.0 Å². The quantitative estimate of drug-likeness (QED) is 0.251. The lowest BCUT2D eigenvalue weighted by Crippen LogP contribution is -2.37. The molecule has 0 atom stereocenters. The SMILES string of the molecule is CN=C(NCCC1=CCCCC1)NCc1ccc(OC)c(OC)c1OC.I. The first-order chi connectivity index (χ1) is 12.7. The van der Waals surface area contributed by atoms with Crippen molar-refractivity contribution in [1.82, 2.24) is 10.6 Å². The molecule has 0 bridgehead atoms. The van der Waals surface area contributed by atoms with Gasteiger partial charge in [0.25, 0.3) is 0 Å². The second kappa shape index (κ2) is 12.7. The minimum Gasteiger partial charge on any atom is -0.493 e. The van der Waals surface area contributed by atoms with Crippen molar-refractivity contribution < 1.29 is 14.2 Å². The first kappa shape index (κ1) is 23.4. The van der Waals surface area contributed by atoms with Gasteiger partial charge in [0, 0.05) is 25.7 Å². The van der Waals surface area contributed by atoms with Crippen LogP contribution in [0, 0.1) is 0 Å². The standard InChI is InChI=1S/C20H31N3O3.HI/c1-21-20(22-13-12-15-8-6-5-7-9-15)23-14-16-10-11-17(24-2)19(26-4)18(16)25-3;/h8,10-11H,5-7,9,12-14H2,1-4H3,(H2,21,22,23);1H. The summed E-state index contributed by atoms with van der Waals surface area (Å²) in [6.45, 7) is 1.46. The number of allylic oxidation sites excluding steroid dienone is 1. The van der Waals surface area contributed by atoms with Crippen LogP contribution in [0.5, 0.6) is 17.2 Å². The summed E-state index contributed by atoms with van der Waals surface area (Å²) in [4.78, 5) is 4.30. The first-order valence-corrected chi connectivity index (χ1v) is 9.13. The number of halogens is 1. The van der Waals surface area contributed by atoms with Gasteiger partial charge in [-0.25, -0.2) is 0 Å². The van der Waals surface area contributed by atoms with Crippen LogP contribution in [0.25, 0.3) is 0 Å². The fourth-order valence-corrected chi connectivity index (χ4v) is 3.18. The Morgan fingerprint density at radius 2 is 1.81 bits per heavy atom. The Bertz CT molecular complexity index is 648. The number of guanidine groups is 1. The Morgan fingerprint density at radius 3 is 2.41 bits per heavy atom. The molecule has 0 fully saturated rings. The van der Waals surface area contributed by atoms with E-state index in [1.165, 1.54) is 25.7 Å². The molecule has 1 aromatic rings. The van der Waals surface area contributed by atoms with Crippen LogP contribution in [0.3, 0.4) is 0 Å². The molecule has 0 heterocycles. The Morgan fingerprint density at radius 1 is 1.04 bits per heavy atom. The Balaban J connectivity index is 0.00000364. The molecule has 2 rings (SSSR count). The number of nitrogens with one attached hydrogen (secondary N) is 2. The van der Waals surface area contributed by atoms with E-state index in [2.05, 4.69) is 21.7 Å². The van der Waals surface area contributed by atoms with Crippen molar-refractivity contribution in [2.75, 3.05) is 34.9 Å². The summed E-state index contributed by atoms with van der Waals surface area (Å²) in [5.74, 6) is 2.69. The number of ether oxygens (including phenoxy) is 3. The average molecular weight is 489 g/mol. The van der Waals surface area contributed by atoms with Crippen molar-refractivity contribution in [3.05, 3.63) is 29.3 Å². The molecular weight excluding hydrogens is 457 g/mol. The normalized spacial score (nSPS) is 13.9. The average Bonchev–Trinajstić information content (AvgIpc) is 2.70. The number of rotatable bonds is 8. The minimum absolute atomic E-state index is 0. The second-order valence-electron chi connectivity index (χ2n) is 6.20. The van der Waals surface area contributed by atoms with Crippen LogP contribution in [0.4, 0.5) is 0 Å². The van der Waals surface area contributed by atoms with Crippen molar-refractivity contribution in [2.24, 2.45) is 4.99 Å². The van der Waals surface area contributed by atoms with Gasteiger partial charge in [0.1, 0.15) is 0 Å². The molecule has 2 N–H and O–H groups in total. The van der Waals surface area contributed by atoms with Crippen LogP contribution in [0.2, 0.25) is 0 Å². The maximum absolute atomic E-state index is 5.52. The summed E-state index contributed by atoms with van der Waals surface area (Å²) in [5.41, 5.74) is 2.53. The number of hydrogen-bond donors (Lipinski definition) is 2. The molecule has 0 spiro atoms. The van der Waals surface area contributed by atoms with E-state index in [1.54, 1.807) is 34.0 Å². The van der Waals surface area contributed by atoms with Gasteiger partial charge in [-0.1, -0.05) is 11.6 Å². The lowest BCUT2D eigenvalue weighted by atomic mass is 9.97. The molecule has 0 aliphatic heterocycles. The van der Waals surface area contributed by atoms with E-state index in [1.807, 2.05) is 12.1 Å². The van der Waals surface area contributed by atoms with Crippen LogP contribution < -0.4 is 24.8 Å². The number of methoxy groups -OCH3 is 3. The number of aliphatic imine (C=N–C) groups is 1. The highest BCUT2D eigenvalue weighted by atomic mass is 127. The largest absolute Gasteiger partial charge is 0.493 e. The van der Waals surface area contributed by atoms with Crippen molar-refractivity contribution in [3.63, 3.8) is 0 Å². The van der Waals surface area contributed by atoms with Crippen LogP contribution in [-0.2, 0) is 6.54 Å². The molecule has 0 saturated heterocycles. The zero-order chi connectivity index (χ0) is 18.8. The van der Waals surface area contributed by atoms with Crippen LogP contribution in [0.1, 0.15) is 37.7 Å². The van der Waals surface area contributed by atoms with E-state index < -0.39 is 0 Å². The third kappa shape index (κ3) is 6.79. The highest BCUT2D eigenvalue weighted by molar-refractivity contribution is 14.0. The van der Waals surface area contributed by atoms with Gasteiger partial charge in [0.05, 0.1) is 21.3 Å². The monoisotopic (exact) mass is 489 g/mol. The van der Waals surface area contributed by atoms with Gasteiger partial charge >= 0.3 is 0 Å². The summed E-state index contributed by atoms with van der Waals surface area (Å²) in [6, 6.07) is 3.84. The fraction of sp³-hybridized carbons (Fsp3) is 0.550. The van der Waals surface area contributed by atoms with Gasteiger partial charge in [0.15, 0.2) is 17.5 Å². The topological polar surface area (TPSA) is 64.1 Å². The predicted molar refractivity (Wildman–Crippen MR) is 121 cm³/mol. The van der Waals surface area contributed by atoms with E-state index >= 15 is 0 Å². The maximum atomic E-state index is 5.52. The molecule has 1 aromatic carbocycles. The van der Waals surface area contributed by atoms with E-state index in [0.29, 0.717) is 23.8 Å². The Kier molecular flexibility index (Phi) is 11.0. The highest BCUT2D eigenvalue weighted by Crippen LogP contribution is 2.39. The number of nitrogens with zero attached hydrogens (tertiary/aromatic N) is 1. The van der Waals surface area contributed by atoms with Crippen molar-refractivity contribution in [1.29, 1.82) is 0 Å². The van der Waals surface area contributed by atoms with Crippen LogP contribution in [-0.4, -0.2) is 40.9 Å². The molecule has 0 unspecified atom stereocenters. The molecule has 1 aliphatic carbocycles. The van der Waals surface area contributed by atoms with Gasteiger partial charge in [0.2, 0.25) is 5.75 Å². The zero-order valence-corrected chi connectivity index (χ0v) is 19.1. The summed E-state index contributed by atoms with van der Waals surface area (Å²) >= 11 is 0. The molecule has 0 radical (unpaired) electrons. The van der Waals surface area contributed by atoms with E-state index in [4.69, 9.17) is 14.2 Å². The van der Waals surface area contributed by atoms with Crippen LogP contribution in [0.15, 0.2) is 28.8 Å². The van der Waals surface area contributed by atoms with Crippen molar-refractivity contribution >= 4 is 29.9 Å². The van der Waals surface area contributed by atoms with Gasteiger partial charge in [-0.2, -0.15) is 0 Å². The summed E-state index contributed by atoms with van der Waals surface area (Å²) in [6.07, 6.45) is 8.55. The lowest BCUT2D eigenvalue weighted by Gasteiger charge is -2.18. The Hall–Kier alpha value is -1.64. The molecule has 1 aliphatic rings. The fourth-order valence-electron chi connectivity index (χ4n) is 3.18. The molecule has 27 heavy (non-hydrogen) atoms. The van der Waals surface area contributed by atoms with E-state index in [0.717, 1.165) is 24.5 Å². The zero-order valence-electron chi connectivity index (χ0n) is 16.8. The predicted octanol–water partition coefficient (Wildman–Crippen LogP) is 3.89. The number of benzene rings is 1. The van der Waals surface area contributed by atoms with Crippen molar-refractivity contribution in [2.45, 2.75) is 38.6 Å². The first-order valence-electron chi connectivity index (χ1n) is 9.13. The number of hydrogen-bond acceptors (Lipinski definition) is 4. The third-order valence-corrected chi connectivity index (χ3v) is 4.58. The van der Waals surface area contributed by atoms with Crippen LogP contribution >= 0.6 is 24.0 Å². The highest BCUT2D eigenvalue weighted by Gasteiger charge is 2.15. The third-order valence-electron chi connectivity index (χ3n) is 4.58. The minimum atomic E-state index is 0. The smallest absolute Gasteiger partial charge is 0.203 e. The van der Waals surface area contributed by atoms with Crippen molar-refractivity contribution in [3.8, 4) is 17.2 Å². The summed E-state index contributed by atoms with van der Waals surface area (Å²) in [7, 11) is 6.63. The van der Waals surface area contributed by atoms with Gasteiger partial charge in [-0.05, 0) is 44.2 Å². The lowest BCUT2D eigenvalue weighted by molar-refractivity contribution is 0.322. The van der Waals surface area contributed by atoms with E-state index in [-0.39, 0.29) is 24.0 Å². The molecule has 0 saturated carbocycles. The van der Waals surface area contributed by atoms with E-state index in [9.17, 15) is 0 Å². The maximum Gasteiger partial charge on any atom is 0.203 e. The molecule has 6 nitrogen and oxygen atoms in total. The van der Waals surface area contributed by atoms with Gasteiger partial charge in [-0.3, -0.25) is 4.99 Å². The summed E-state index contributed by atoms with van der Waals surface area (Å²) < 4.78 is 16.3. The molecular formula is C20H32IN3O3. The summed E-state index contributed by atoms with van der Waals surface area (Å²) in [5, 5.41) is 6.71. The Labute approximate surface area is 179 Å². The molecule has 0 amide bonds.